The lowest BCUT2D eigenvalue weighted by Crippen LogP contribution is -2.48. The summed E-state index contributed by atoms with van der Waals surface area (Å²) in [6, 6.07) is 5.52. The van der Waals surface area contributed by atoms with E-state index in [0.717, 1.165) is 5.69 Å². The number of nitrogens with zero attached hydrogens (tertiary/aromatic N) is 3. The van der Waals surface area contributed by atoms with Crippen molar-refractivity contribution in [2.75, 3.05) is 26.2 Å². The van der Waals surface area contributed by atoms with E-state index in [1.165, 1.54) is 0 Å². The van der Waals surface area contributed by atoms with Crippen LogP contribution in [0.25, 0.3) is 0 Å². The summed E-state index contributed by atoms with van der Waals surface area (Å²) in [5.74, 6) is -1.49. The monoisotopic (exact) mass is 347 g/mol. The lowest BCUT2D eigenvalue weighted by molar-refractivity contribution is -0.149. The minimum atomic E-state index is -0.947. The molecule has 8 heteroatoms. The van der Waals surface area contributed by atoms with Gasteiger partial charge in [0.25, 0.3) is 0 Å². The smallest absolute Gasteiger partial charge is 0.306 e. The molecule has 0 unspecified atom stereocenters. The zero-order chi connectivity index (χ0) is 17.8. The van der Waals surface area contributed by atoms with E-state index in [2.05, 4.69) is 4.98 Å². The number of pyridine rings is 1. The SMILES string of the molecule is O=C(O)C[C@@H]1CN(C(=O)[C@@H]2CC(=O)N(Cc3ccccn3)C2)CCO1. The van der Waals surface area contributed by atoms with Crippen molar-refractivity contribution in [1.29, 1.82) is 0 Å². The van der Waals surface area contributed by atoms with Crippen molar-refractivity contribution < 1.29 is 24.2 Å². The number of rotatable bonds is 5. The Kier molecular flexibility index (Phi) is 5.28. The molecule has 2 saturated heterocycles. The number of aromatic nitrogens is 1. The summed E-state index contributed by atoms with van der Waals surface area (Å²) in [6.45, 7) is 1.78. The molecule has 0 spiro atoms. The molecule has 2 fully saturated rings. The zero-order valence-electron chi connectivity index (χ0n) is 13.8. The van der Waals surface area contributed by atoms with Gasteiger partial charge in [0.1, 0.15) is 0 Å². The van der Waals surface area contributed by atoms with Crippen LogP contribution in [0.3, 0.4) is 0 Å². The van der Waals surface area contributed by atoms with E-state index in [-0.39, 0.29) is 37.1 Å². The van der Waals surface area contributed by atoms with Crippen LogP contribution in [-0.2, 0) is 25.7 Å². The third-order valence-electron chi connectivity index (χ3n) is 4.50. The fraction of sp³-hybridized carbons (Fsp3) is 0.529. The van der Waals surface area contributed by atoms with Crippen LogP contribution in [0.4, 0.5) is 0 Å². The molecule has 2 atom stereocenters. The Hall–Kier alpha value is -2.48. The Morgan fingerprint density at radius 1 is 1.32 bits per heavy atom. The lowest BCUT2D eigenvalue weighted by atomic mass is 10.1. The molecule has 0 saturated carbocycles. The van der Waals surface area contributed by atoms with Gasteiger partial charge in [-0.3, -0.25) is 19.4 Å². The number of amides is 2. The number of carboxylic acid groups (broad SMARTS) is 1. The maximum Gasteiger partial charge on any atom is 0.306 e. The highest BCUT2D eigenvalue weighted by atomic mass is 16.5. The predicted octanol–water partition coefficient (Wildman–Crippen LogP) is 0.132. The van der Waals surface area contributed by atoms with Gasteiger partial charge >= 0.3 is 5.97 Å². The van der Waals surface area contributed by atoms with Gasteiger partial charge in [-0.2, -0.15) is 0 Å². The molecule has 25 heavy (non-hydrogen) atoms. The summed E-state index contributed by atoms with van der Waals surface area (Å²) in [6.07, 6.45) is 1.25. The number of likely N-dealkylation sites (tertiary alicyclic amines) is 1. The van der Waals surface area contributed by atoms with Crippen LogP contribution >= 0.6 is 0 Å². The molecule has 1 aromatic rings. The quantitative estimate of drug-likeness (QED) is 0.813. The lowest BCUT2D eigenvalue weighted by Gasteiger charge is -2.33. The van der Waals surface area contributed by atoms with Gasteiger partial charge in [-0.05, 0) is 12.1 Å². The van der Waals surface area contributed by atoms with E-state index < -0.39 is 12.1 Å². The average molecular weight is 347 g/mol. The molecule has 3 heterocycles. The van der Waals surface area contributed by atoms with Crippen LogP contribution < -0.4 is 0 Å². The first-order valence-electron chi connectivity index (χ1n) is 8.33. The number of hydrogen-bond acceptors (Lipinski definition) is 5. The van der Waals surface area contributed by atoms with Crippen molar-refractivity contribution in [1.82, 2.24) is 14.8 Å². The van der Waals surface area contributed by atoms with Crippen molar-refractivity contribution >= 4 is 17.8 Å². The summed E-state index contributed by atoms with van der Waals surface area (Å²) < 4.78 is 5.39. The summed E-state index contributed by atoms with van der Waals surface area (Å²) in [7, 11) is 0. The second kappa shape index (κ2) is 7.60. The van der Waals surface area contributed by atoms with Crippen LogP contribution in [0.1, 0.15) is 18.5 Å². The molecule has 2 aliphatic heterocycles. The number of carbonyl (C=O) groups excluding carboxylic acids is 2. The van der Waals surface area contributed by atoms with Gasteiger partial charge in [-0.15, -0.1) is 0 Å². The fourth-order valence-electron chi connectivity index (χ4n) is 3.27. The highest BCUT2D eigenvalue weighted by Gasteiger charge is 2.38. The molecule has 2 amide bonds. The highest BCUT2D eigenvalue weighted by molar-refractivity contribution is 5.89. The molecule has 0 radical (unpaired) electrons. The highest BCUT2D eigenvalue weighted by Crippen LogP contribution is 2.23. The van der Waals surface area contributed by atoms with Gasteiger partial charge in [0.15, 0.2) is 0 Å². The minimum absolute atomic E-state index is 0.0562. The van der Waals surface area contributed by atoms with Crippen molar-refractivity contribution in [3.8, 4) is 0 Å². The van der Waals surface area contributed by atoms with Gasteiger partial charge < -0.3 is 19.6 Å². The minimum Gasteiger partial charge on any atom is -0.481 e. The molecule has 0 aromatic carbocycles. The Morgan fingerprint density at radius 3 is 2.88 bits per heavy atom. The molecule has 8 nitrogen and oxygen atoms in total. The largest absolute Gasteiger partial charge is 0.481 e. The fourth-order valence-corrected chi connectivity index (χ4v) is 3.27. The van der Waals surface area contributed by atoms with Crippen LogP contribution in [-0.4, -0.2) is 70.0 Å². The van der Waals surface area contributed by atoms with Gasteiger partial charge in [0, 0.05) is 32.3 Å². The Morgan fingerprint density at radius 2 is 2.16 bits per heavy atom. The van der Waals surface area contributed by atoms with Crippen molar-refractivity contribution in [2.24, 2.45) is 5.92 Å². The Bertz CT molecular complexity index is 651. The van der Waals surface area contributed by atoms with Gasteiger partial charge in [-0.1, -0.05) is 6.07 Å². The Balaban J connectivity index is 1.57. The summed E-state index contributed by atoms with van der Waals surface area (Å²) in [5.41, 5.74) is 0.789. The maximum atomic E-state index is 12.7. The second-order valence-electron chi connectivity index (χ2n) is 6.37. The summed E-state index contributed by atoms with van der Waals surface area (Å²) >= 11 is 0. The molecule has 1 aromatic heterocycles. The number of morpholine rings is 1. The molecular weight excluding hydrogens is 326 g/mol. The first-order valence-corrected chi connectivity index (χ1v) is 8.33. The van der Waals surface area contributed by atoms with Gasteiger partial charge in [-0.25, -0.2) is 0 Å². The third kappa shape index (κ3) is 4.33. The van der Waals surface area contributed by atoms with E-state index in [4.69, 9.17) is 9.84 Å². The number of hydrogen-bond donors (Lipinski definition) is 1. The topological polar surface area (TPSA) is 100 Å². The van der Waals surface area contributed by atoms with E-state index in [1.54, 1.807) is 16.0 Å². The van der Waals surface area contributed by atoms with Crippen molar-refractivity contribution in [3.05, 3.63) is 30.1 Å². The van der Waals surface area contributed by atoms with Crippen LogP contribution in [0.2, 0.25) is 0 Å². The predicted molar refractivity (Wildman–Crippen MR) is 86.3 cm³/mol. The first kappa shape index (κ1) is 17.3. The number of carbonyl (C=O) groups is 3. The molecule has 0 aliphatic carbocycles. The van der Waals surface area contributed by atoms with Gasteiger partial charge in [0.05, 0.1) is 37.3 Å². The van der Waals surface area contributed by atoms with Crippen molar-refractivity contribution in [3.63, 3.8) is 0 Å². The number of aliphatic carboxylic acids is 1. The number of carboxylic acids is 1. The first-order chi connectivity index (χ1) is 12.0. The standard InChI is InChI=1S/C17H21N3O5/c21-15-7-12(9-20(15)10-13-3-1-2-4-18-13)17(24)19-5-6-25-14(11-19)8-16(22)23/h1-4,12,14H,5-11H2,(H,22,23)/t12-,14-/m1/s1. The third-order valence-corrected chi connectivity index (χ3v) is 4.50. The molecular formula is C17H21N3O5. The molecule has 3 rings (SSSR count). The summed E-state index contributed by atoms with van der Waals surface area (Å²) in [4.78, 5) is 43.2. The number of ether oxygens (including phenoxy) is 1. The van der Waals surface area contributed by atoms with E-state index in [1.807, 2.05) is 18.2 Å². The normalized spacial score (nSPS) is 23.8. The zero-order valence-corrected chi connectivity index (χ0v) is 13.8. The van der Waals surface area contributed by atoms with Crippen LogP contribution in [0.15, 0.2) is 24.4 Å². The molecule has 2 aliphatic rings. The van der Waals surface area contributed by atoms with E-state index in [0.29, 0.717) is 26.2 Å². The van der Waals surface area contributed by atoms with E-state index in [9.17, 15) is 14.4 Å². The Labute approximate surface area is 145 Å². The van der Waals surface area contributed by atoms with Crippen LogP contribution in [0, 0.1) is 5.92 Å². The van der Waals surface area contributed by atoms with Gasteiger partial charge in [0.2, 0.25) is 11.8 Å². The van der Waals surface area contributed by atoms with Crippen molar-refractivity contribution in [2.45, 2.75) is 25.5 Å². The summed E-state index contributed by atoms with van der Waals surface area (Å²) in [5, 5.41) is 8.87. The average Bonchev–Trinajstić information content (AvgIpc) is 2.95. The van der Waals surface area contributed by atoms with Crippen LogP contribution in [0.5, 0.6) is 0 Å². The molecule has 1 N–H and O–H groups in total. The second-order valence-corrected chi connectivity index (χ2v) is 6.37. The molecule has 134 valence electrons. The van der Waals surface area contributed by atoms with E-state index >= 15 is 0 Å². The maximum absolute atomic E-state index is 12.7. The molecule has 0 bridgehead atoms.